The zero-order valence-electron chi connectivity index (χ0n) is 14.9. The van der Waals surface area contributed by atoms with Crippen LogP contribution in [0.15, 0.2) is 30.5 Å². The highest BCUT2D eigenvalue weighted by molar-refractivity contribution is 6.06. The lowest BCUT2D eigenvalue weighted by Crippen LogP contribution is -2.39. The molecule has 2 amide bonds. The molecule has 1 aliphatic carbocycles. The van der Waals surface area contributed by atoms with Crippen molar-refractivity contribution < 1.29 is 9.59 Å². The number of hydrogen-bond donors (Lipinski definition) is 1. The number of likely N-dealkylation sites (tertiary alicyclic amines) is 1. The molecule has 5 heteroatoms. The number of rotatable bonds is 2. The maximum absolute atomic E-state index is 13.2. The first-order valence-corrected chi connectivity index (χ1v) is 9.08. The minimum absolute atomic E-state index is 0.0247. The fourth-order valence-electron chi connectivity index (χ4n) is 4.80. The van der Waals surface area contributed by atoms with E-state index in [2.05, 4.69) is 4.98 Å². The van der Waals surface area contributed by atoms with Crippen LogP contribution in [0.3, 0.4) is 0 Å². The molecular formula is C20H25N3O2. The maximum Gasteiger partial charge on any atom is 0.254 e. The number of nitrogens with one attached hydrogen (secondary N) is 1. The predicted octanol–water partition coefficient (Wildman–Crippen LogP) is 2.89. The summed E-state index contributed by atoms with van der Waals surface area (Å²) >= 11 is 0. The van der Waals surface area contributed by atoms with Crippen LogP contribution in [0.2, 0.25) is 0 Å². The van der Waals surface area contributed by atoms with E-state index in [1.54, 1.807) is 4.90 Å². The van der Waals surface area contributed by atoms with Crippen LogP contribution in [0.1, 0.15) is 36.0 Å². The second-order valence-corrected chi connectivity index (χ2v) is 7.78. The minimum atomic E-state index is -0.0700. The molecular weight excluding hydrogens is 314 g/mol. The Hall–Kier alpha value is -2.30. The fraction of sp³-hybridized carbons (Fsp3) is 0.500. The van der Waals surface area contributed by atoms with E-state index >= 15 is 0 Å². The Labute approximate surface area is 148 Å². The smallest absolute Gasteiger partial charge is 0.254 e. The van der Waals surface area contributed by atoms with Crippen molar-refractivity contribution in [2.75, 3.05) is 27.2 Å². The molecule has 1 saturated heterocycles. The van der Waals surface area contributed by atoms with E-state index in [-0.39, 0.29) is 23.1 Å². The number of fused-ring (bicyclic) bond motifs is 1. The fourth-order valence-corrected chi connectivity index (χ4v) is 4.80. The average molecular weight is 339 g/mol. The van der Waals surface area contributed by atoms with E-state index < -0.39 is 0 Å². The van der Waals surface area contributed by atoms with Crippen molar-refractivity contribution in [1.29, 1.82) is 0 Å². The largest absolute Gasteiger partial charge is 0.361 e. The van der Waals surface area contributed by atoms with Crippen molar-refractivity contribution in [1.82, 2.24) is 14.8 Å². The topological polar surface area (TPSA) is 56.4 Å². The molecule has 1 N–H and O–H groups in total. The Kier molecular flexibility index (Phi) is 3.82. The quantitative estimate of drug-likeness (QED) is 0.915. The van der Waals surface area contributed by atoms with Gasteiger partial charge in [0.25, 0.3) is 5.91 Å². The number of amides is 2. The molecule has 2 heterocycles. The molecule has 2 aliphatic rings. The minimum Gasteiger partial charge on any atom is -0.361 e. The van der Waals surface area contributed by atoms with Crippen LogP contribution < -0.4 is 0 Å². The first kappa shape index (κ1) is 16.2. The lowest BCUT2D eigenvalue weighted by atomic mass is 9.76. The first-order chi connectivity index (χ1) is 12.0. The van der Waals surface area contributed by atoms with E-state index in [4.69, 9.17) is 0 Å². The Bertz CT molecular complexity index is 817. The molecule has 0 radical (unpaired) electrons. The lowest BCUT2D eigenvalue weighted by Gasteiger charge is -2.30. The molecule has 1 spiro atoms. The Morgan fingerprint density at radius 2 is 1.96 bits per heavy atom. The van der Waals surface area contributed by atoms with Crippen LogP contribution in [-0.4, -0.2) is 53.8 Å². The predicted molar refractivity (Wildman–Crippen MR) is 97.3 cm³/mol. The van der Waals surface area contributed by atoms with Crippen molar-refractivity contribution in [3.63, 3.8) is 0 Å². The summed E-state index contributed by atoms with van der Waals surface area (Å²) in [6.07, 6.45) is 6.28. The molecule has 1 atom stereocenters. The maximum atomic E-state index is 13.2. The number of carbonyl (C=O) groups excluding carboxylic acids is 2. The summed E-state index contributed by atoms with van der Waals surface area (Å²) in [5.74, 6) is 0.141. The molecule has 5 nitrogen and oxygen atoms in total. The summed E-state index contributed by atoms with van der Waals surface area (Å²) in [7, 11) is 3.63. The highest BCUT2D eigenvalue weighted by Gasteiger charge is 2.52. The van der Waals surface area contributed by atoms with E-state index in [1.165, 1.54) is 0 Å². The standard InChI is InChI=1S/C20H25N3O2/c1-22(2)19(25)16-12-23(13-20(16)9-3-4-10-20)18(24)15-6-5-7-17-14(15)8-11-21-17/h5-8,11,16,21H,3-4,9-10,12-13H2,1-2H3. The van der Waals surface area contributed by atoms with Crippen molar-refractivity contribution in [3.05, 3.63) is 36.0 Å². The van der Waals surface area contributed by atoms with Crippen LogP contribution in [0.25, 0.3) is 10.9 Å². The zero-order valence-corrected chi connectivity index (χ0v) is 14.9. The molecule has 2 fully saturated rings. The Morgan fingerprint density at radius 1 is 1.20 bits per heavy atom. The third-order valence-corrected chi connectivity index (χ3v) is 6.10. The normalized spacial score (nSPS) is 22.0. The highest BCUT2D eigenvalue weighted by atomic mass is 16.2. The molecule has 1 aromatic carbocycles. The van der Waals surface area contributed by atoms with Gasteiger partial charge in [-0.2, -0.15) is 0 Å². The van der Waals surface area contributed by atoms with Gasteiger partial charge in [-0.15, -0.1) is 0 Å². The van der Waals surface area contributed by atoms with Gasteiger partial charge in [0.1, 0.15) is 0 Å². The number of carbonyl (C=O) groups is 2. The van der Waals surface area contributed by atoms with Crippen LogP contribution >= 0.6 is 0 Å². The van der Waals surface area contributed by atoms with Gasteiger partial charge < -0.3 is 14.8 Å². The summed E-state index contributed by atoms with van der Waals surface area (Å²) in [5.41, 5.74) is 1.68. The monoisotopic (exact) mass is 339 g/mol. The number of H-pyrrole nitrogens is 1. The Morgan fingerprint density at radius 3 is 2.68 bits per heavy atom. The average Bonchev–Trinajstić information content (AvgIpc) is 3.33. The number of benzene rings is 1. The summed E-state index contributed by atoms with van der Waals surface area (Å²) in [5, 5.41) is 0.954. The Balaban J connectivity index is 1.66. The molecule has 1 aromatic heterocycles. The van der Waals surface area contributed by atoms with Gasteiger partial charge in [0, 0.05) is 55.3 Å². The number of hydrogen-bond acceptors (Lipinski definition) is 2. The van der Waals surface area contributed by atoms with E-state index in [0.29, 0.717) is 13.1 Å². The SMILES string of the molecule is CN(C)C(=O)C1CN(C(=O)c2cccc3[nH]ccc23)CC12CCCC2. The van der Waals surface area contributed by atoms with Crippen molar-refractivity contribution >= 4 is 22.7 Å². The summed E-state index contributed by atoms with van der Waals surface area (Å²) in [6, 6.07) is 7.73. The number of nitrogens with zero attached hydrogens (tertiary/aromatic N) is 2. The third-order valence-electron chi connectivity index (χ3n) is 6.10. The van der Waals surface area contributed by atoms with E-state index in [1.807, 2.05) is 49.5 Å². The van der Waals surface area contributed by atoms with Gasteiger partial charge in [0.2, 0.25) is 5.91 Å². The van der Waals surface area contributed by atoms with Gasteiger partial charge in [-0.25, -0.2) is 0 Å². The molecule has 25 heavy (non-hydrogen) atoms. The van der Waals surface area contributed by atoms with Crippen LogP contribution in [0.5, 0.6) is 0 Å². The van der Waals surface area contributed by atoms with E-state index in [0.717, 1.165) is 42.1 Å². The summed E-state index contributed by atoms with van der Waals surface area (Å²) in [4.78, 5) is 32.8. The molecule has 1 unspecified atom stereocenters. The van der Waals surface area contributed by atoms with Crippen molar-refractivity contribution in [3.8, 4) is 0 Å². The first-order valence-electron chi connectivity index (χ1n) is 9.08. The van der Waals surface area contributed by atoms with Gasteiger partial charge in [0.05, 0.1) is 5.92 Å². The third kappa shape index (κ3) is 2.53. The number of aromatic nitrogens is 1. The van der Waals surface area contributed by atoms with E-state index in [9.17, 15) is 9.59 Å². The van der Waals surface area contributed by atoms with Gasteiger partial charge in [-0.1, -0.05) is 18.9 Å². The summed E-state index contributed by atoms with van der Waals surface area (Å²) < 4.78 is 0. The molecule has 2 aromatic rings. The summed E-state index contributed by atoms with van der Waals surface area (Å²) in [6.45, 7) is 1.24. The second kappa shape index (κ2) is 5.90. The molecule has 0 bridgehead atoms. The molecule has 1 aliphatic heterocycles. The van der Waals surface area contributed by atoms with Crippen molar-refractivity contribution in [2.45, 2.75) is 25.7 Å². The van der Waals surface area contributed by atoms with Crippen LogP contribution in [0, 0.1) is 11.3 Å². The van der Waals surface area contributed by atoms with Crippen LogP contribution in [0.4, 0.5) is 0 Å². The second-order valence-electron chi connectivity index (χ2n) is 7.78. The van der Waals surface area contributed by atoms with Gasteiger partial charge >= 0.3 is 0 Å². The van der Waals surface area contributed by atoms with Gasteiger partial charge in [-0.05, 0) is 31.0 Å². The molecule has 1 saturated carbocycles. The van der Waals surface area contributed by atoms with Crippen molar-refractivity contribution in [2.24, 2.45) is 11.3 Å². The zero-order chi connectivity index (χ0) is 17.6. The lowest BCUT2D eigenvalue weighted by molar-refractivity contribution is -0.135. The molecule has 4 rings (SSSR count). The van der Waals surface area contributed by atoms with Gasteiger partial charge in [0.15, 0.2) is 0 Å². The highest BCUT2D eigenvalue weighted by Crippen LogP contribution is 2.49. The molecule has 132 valence electrons. The van der Waals surface area contributed by atoms with Gasteiger partial charge in [-0.3, -0.25) is 9.59 Å². The van der Waals surface area contributed by atoms with Crippen LogP contribution in [-0.2, 0) is 4.79 Å². The number of aromatic amines is 1.